The average molecular weight is 230 g/mol. The molecular formula is C14H18N2O. The Kier molecular flexibility index (Phi) is 2.92. The summed E-state index contributed by atoms with van der Waals surface area (Å²) in [5, 5.41) is 4.37. The first-order valence-corrected chi connectivity index (χ1v) is 5.68. The van der Waals surface area contributed by atoms with Crippen molar-refractivity contribution in [3.63, 3.8) is 0 Å². The van der Waals surface area contributed by atoms with Crippen molar-refractivity contribution < 1.29 is 4.74 Å². The lowest BCUT2D eigenvalue weighted by Crippen LogP contribution is -1.92. The van der Waals surface area contributed by atoms with Gasteiger partial charge in [0.15, 0.2) is 0 Å². The number of methoxy groups -OCH3 is 1. The summed E-state index contributed by atoms with van der Waals surface area (Å²) in [5.41, 5.74) is 5.75. The van der Waals surface area contributed by atoms with Crippen molar-refractivity contribution in [3.05, 3.63) is 35.2 Å². The fourth-order valence-electron chi connectivity index (χ4n) is 2.31. The number of hydrogen-bond acceptors (Lipinski definition) is 2. The van der Waals surface area contributed by atoms with Crippen molar-refractivity contribution >= 4 is 0 Å². The van der Waals surface area contributed by atoms with Crippen molar-refractivity contribution in [3.8, 4) is 16.9 Å². The molecule has 0 spiro atoms. The van der Waals surface area contributed by atoms with Gasteiger partial charge in [0, 0.05) is 18.8 Å². The minimum atomic E-state index is 0.968. The van der Waals surface area contributed by atoms with Crippen LogP contribution in [0.5, 0.6) is 5.75 Å². The maximum Gasteiger partial charge on any atom is 0.124 e. The smallest absolute Gasteiger partial charge is 0.124 e. The molecule has 3 nitrogen and oxygen atoms in total. The standard InChI is InChI=1S/C14H18N2O/c1-9-6-12(7-10(2)14(9)17-5)13-8-16(4)15-11(13)3/h6-8H,1-5H3. The SMILES string of the molecule is COc1c(C)cc(-c2cn(C)nc2C)cc1C. The van der Waals surface area contributed by atoms with Gasteiger partial charge in [-0.2, -0.15) is 5.10 Å². The molecule has 0 radical (unpaired) electrons. The number of ether oxygens (including phenoxy) is 1. The molecule has 2 aromatic rings. The highest BCUT2D eigenvalue weighted by Gasteiger charge is 2.10. The second kappa shape index (κ2) is 4.24. The van der Waals surface area contributed by atoms with E-state index in [4.69, 9.17) is 4.74 Å². The number of aromatic nitrogens is 2. The van der Waals surface area contributed by atoms with Gasteiger partial charge in [-0.05, 0) is 49.6 Å². The fraction of sp³-hybridized carbons (Fsp3) is 0.357. The molecule has 3 heteroatoms. The number of aryl methyl sites for hydroxylation is 4. The fourth-order valence-corrected chi connectivity index (χ4v) is 2.31. The zero-order valence-corrected chi connectivity index (χ0v) is 11.0. The Morgan fingerprint density at radius 2 is 1.71 bits per heavy atom. The molecule has 0 bridgehead atoms. The monoisotopic (exact) mass is 230 g/mol. The van der Waals surface area contributed by atoms with Crippen LogP contribution in [0.4, 0.5) is 0 Å². The van der Waals surface area contributed by atoms with E-state index in [9.17, 15) is 0 Å². The van der Waals surface area contributed by atoms with Gasteiger partial charge in [-0.3, -0.25) is 4.68 Å². The zero-order valence-electron chi connectivity index (χ0n) is 11.0. The molecule has 17 heavy (non-hydrogen) atoms. The van der Waals surface area contributed by atoms with E-state index in [1.54, 1.807) is 7.11 Å². The van der Waals surface area contributed by atoms with E-state index in [1.165, 1.54) is 11.1 Å². The summed E-state index contributed by atoms with van der Waals surface area (Å²) in [4.78, 5) is 0. The number of benzene rings is 1. The summed E-state index contributed by atoms with van der Waals surface area (Å²) in [7, 11) is 3.66. The summed E-state index contributed by atoms with van der Waals surface area (Å²) in [6.07, 6.45) is 2.05. The van der Waals surface area contributed by atoms with Gasteiger partial charge in [-0.15, -0.1) is 0 Å². The Morgan fingerprint density at radius 1 is 1.12 bits per heavy atom. The maximum absolute atomic E-state index is 5.38. The minimum Gasteiger partial charge on any atom is -0.496 e. The van der Waals surface area contributed by atoms with Crippen LogP contribution in [-0.2, 0) is 7.05 Å². The highest BCUT2D eigenvalue weighted by Crippen LogP contribution is 2.30. The molecule has 0 N–H and O–H groups in total. The zero-order chi connectivity index (χ0) is 12.6. The predicted molar refractivity (Wildman–Crippen MR) is 69.4 cm³/mol. The van der Waals surface area contributed by atoms with E-state index in [-0.39, 0.29) is 0 Å². The van der Waals surface area contributed by atoms with Crippen LogP contribution in [0, 0.1) is 20.8 Å². The van der Waals surface area contributed by atoms with Crippen molar-refractivity contribution in [2.75, 3.05) is 7.11 Å². The second-order valence-corrected chi connectivity index (χ2v) is 4.45. The first-order chi connectivity index (χ1) is 8.02. The molecule has 0 amide bonds. The number of rotatable bonds is 2. The first kappa shape index (κ1) is 11.7. The average Bonchev–Trinajstić information content (AvgIpc) is 2.57. The molecule has 1 heterocycles. The molecule has 0 fully saturated rings. The molecule has 0 aliphatic rings. The van der Waals surface area contributed by atoms with Gasteiger partial charge >= 0.3 is 0 Å². The van der Waals surface area contributed by atoms with Crippen molar-refractivity contribution in [2.45, 2.75) is 20.8 Å². The van der Waals surface area contributed by atoms with Gasteiger partial charge in [0.25, 0.3) is 0 Å². The van der Waals surface area contributed by atoms with E-state index in [0.717, 1.165) is 22.6 Å². The number of nitrogens with zero attached hydrogens (tertiary/aromatic N) is 2. The molecule has 0 aliphatic heterocycles. The Bertz CT molecular complexity index is 532. The van der Waals surface area contributed by atoms with Crippen molar-refractivity contribution in [2.24, 2.45) is 7.05 Å². The maximum atomic E-state index is 5.38. The lowest BCUT2D eigenvalue weighted by molar-refractivity contribution is 0.408. The second-order valence-electron chi connectivity index (χ2n) is 4.45. The highest BCUT2D eigenvalue weighted by atomic mass is 16.5. The van der Waals surface area contributed by atoms with Gasteiger partial charge < -0.3 is 4.74 Å². The van der Waals surface area contributed by atoms with E-state index < -0.39 is 0 Å². The normalized spacial score (nSPS) is 10.6. The van der Waals surface area contributed by atoms with Gasteiger partial charge in [0.2, 0.25) is 0 Å². The van der Waals surface area contributed by atoms with E-state index in [0.29, 0.717) is 0 Å². The van der Waals surface area contributed by atoms with Gasteiger partial charge in [-0.1, -0.05) is 0 Å². The molecule has 0 saturated heterocycles. The molecule has 0 unspecified atom stereocenters. The third kappa shape index (κ3) is 2.05. The molecule has 90 valence electrons. The number of hydrogen-bond donors (Lipinski definition) is 0. The van der Waals surface area contributed by atoms with Crippen LogP contribution in [0.1, 0.15) is 16.8 Å². The summed E-state index contributed by atoms with van der Waals surface area (Å²) in [5.74, 6) is 0.968. The van der Waals surface area contributed by atoms with E-state index in [2.05, 4.69) is 37.3 Å². The van der Waals surface area contributed by atoms with E-state index >= 15 is 0 Å². The van der Waals surface area contributed by atoms with Crippen LogP contribution < -0.4 is 4.74 Å². The van der Waals surface area contributed by atoms with Crippen LogP contribution in [0.3, 0.4) is 0 Å². The Morgan fingerprint density at radius 3 is 2.12 bits per heavy atom. The summed E-state index contributed by atoms with van der Waals surface area (Å²) >= 11 is 0. The molecule has 1 aromatic heterocycles. The summed E-state index contributed by atoms with van der Waals surface area (Å²) in [6, 6.07) is 4.30. The summed E-state index contributed by atoms with van der Waals surface area (Å²) < 4.78 is 7.23. The molecule has 2 rings (SSSR count). The topological polar surface area (TPSA) is 27.1 Å². The minimum absolute atomic E-state index is 0.968. The molecule has 0 saturated carbocycles. The van der Waals surface area contributed by atoms with Gasteiger partial charge in [-0.25, -0.2) is 0 Å². The van der Waals surface area contributed by atoms with Gasteiger partial charge in [0.05, 0.1) is 12.8 Å². The van der Waals surface area contributed by atoms with E-state index in [1.807, 2.05) is 18.7 Å². The van der Waals surface area contributed by atoms with Crippen LogP contribution in [0.25, 0.3) is 11.1 Å². The van der Waals surface area contributed by atoms with Crippen LogP contribution in [0.2, 0.25) is 0 Å². The third-order valence-corrected chi connectivity index (χ3v) is 2.99. The van der Waals surface area contributed by atoms with Crippen LogP contribution >= 0.6 is 0 Å². The Hall–Kier alpha value is -1.77. The Balaban J connectivity index is 2.58. The van der Waals surface area contributed by atoms with Crippen LogP contribution in [0.15, 0.2) is 18.3 Å². The molecule has 0 atom stereocenters. The molecule has 0 aliphatic carbocycles. The first-order valence-electron chi connectivity index (χ1n) is 5.68. The Labute approximate surface area is 102 Å². The summed E-state index contributed by atoms with van der Waals surface area (Å²) in [6.45, 7) is 6.17. The highest BCUT2D eigenvalue weighted by molar-refractivity contribution is 5.68. The lowest BCUT2D eigenvalue weighted by Gasteiger charge is -2.10. The molecular weight excluding hydrogens is 212 g/mol. The molecule has 1 aromatic carbocycles. The lowest BCUT2D eigenvalue weighted by atomic mass is 10.0. The van der Waals surface area contributed by atoms with Crippen molar-refractivity contribution in [1.29, 1.82) is 0 Å². The van der Waals surface area contributed by atoms with Crippen molar-refractivity contribution in [1.82, 2.24) is 9.78 Å². The predicted octanol–water partition coefficient (Wildman–Crippen LogP) is 3.02. The van der Waals surface area contributed by atoms with Crippen LogP contribution in [-0.4, -0.2) is 16.9 Å². The van der Waals surface area contributed by atoms with Gasteiger partial charge in [0.1, 0.15) is 5.75 Å². The quantitative estimate of drug-likeness (QED) is 0.793. The third-order valence-electron chi connectivity index (χ3n) is 2.99. The largest absolute Gasteiger partial charge is 0.496 e.